The molecule has 0 aliphatic carbocycles. The molecule has 1 N–H and O–H groups in total. The van der Waals surface area contributed by atoms with E-state index in [0.29, 0.717) is 23.7 Å². The molecule has 0 aromatic heterocycles. The van der Waals surface area contributed by atoms with Gasteiger partial charge in [-0.05, 0) is 25.2 Å². The number of piperazine rings is 1. The van der Waals surface area contributed by atoms with Crippen molar-refractivity contribution in [2.45, 2.75) is 0 Å². The van der Waals surface area contributed by atoms with Crippen LogP contribution in [-0.4, -0.2) is 54.0 Å². The maximum atomic E-state index is 12.2. The first-order valence-corrected chi connectivity index (χ1v) is 5.92. The Morgan fingerprint density at radius 2 is 1.94 bits per heavy atom. The van der Waals surface area contributed by atoms with Crippen molar-refractivity contribution in [3.05, 3.63) is 28.8 Å². The molecule has 1 aliphatic heterocycles. The van der Waals surface area contributed by atoms with Crippen LogP contribution in [0.3, 0.4) is 0 Å². The fourth-order valence-electron chi connectivity index (χ4n) is 1.86. The highest BCUT2D eigenvalue weighted by Crippen LogP contribution is 2.23. The molecule has 4 nitrogen and oxygen atoms in total. The van der Waals surface area contributed by atoms with E-state index in [4.69, 9.17) is 11.6 Å². The van der Waals surface area contributed by atoms with Crippen LogP contribution in [0.2, 0.25) is 5.02 Å². The molecule has 0 saturated carbocycles. The molecule has 0 atom stereocenters. The first-order chi connectivity index (χ1) is 8.08. The quantitative estimate of drug-likeness (QED) is 0.825. The van der Waals surface area contributed by atoms with E-state index >= 15 is 0 Å². The summed E-state index contributed by atoms with van der Waals surface area (Å²) in [7, 11) is 2.03. The van der Waals surface area contributed by atoms with Gasteiger partial charge in [0.25, 0.3) is 5.91 Å². The van der Waals surface area contributed by atoms with Gasteiger partial charge < -0.3 is 14.9 Å². The van der Waals surface area contributed by atoms with E-state index in [2.05, 4.69) is 4.90 Å². The van der Waals surface area contributed by atoms with E-state index in [1.54, 1.807) is 11.0 Å². The number of carbonyl (C=O) groups is 1. The van der Waals surface area contributed by atoms with Crippen molar-refractivity contribution < 1.29 is 9.90 Å². The summed E-state index contributed by atoms with van der Waals surface area (Å²) in [5, 5.41) is 9.77. The summed E-state index contributed by atoms with van der Waals surface area (Å²) in [6, 6.07) is 4.44. The monoisotopic (exact) mass is 254 g/mol. The fourth-order valence-corrected chi connectivity index (χ4v) is 2.06. The van der Waals surface area contributed by atoms with Gasteiger partial charge in [-0.1, -0.05) is 11.6 Å². The smallest absolute Gasteiger partial charge is 0.255 e. The Labute approximate surface area is 105 Å². The highest BCUT2D eigenvalue weighted by Gasteiger charge is 2.22. The van der Waals surface area contributed by atoms with Crippen molar-refractivity contribution in [2.75, 3.05) is 33.2 Å². The summed E-state index contributed by atoms with van der Waals surface area (Å²) in [6.45, 7) is 3.12. The van der Waals surface area contributed by atoms with Crippen molar-refractivity contribution >= 4 is 17.5 Å². The van der Waals surface area contributed by atoms with Crippen LogP contribution in [0.15, 0.2) is 18.2 Å². The van der Waals surface area contributed by atoms with E-state index in [1.807, 2.05) is 7.05 Å². The topological polar surface area (TPSA) is 43.8 Å². The first kappa shape index (κ1) is 12.2. The zero-order valence-corrected chi connectivity index (χ0v) is 10.4. The lowest BCUT2D eigenvalue weighted by Gasteiger charge is -2.32. The third-order valence-electron chi connectivity index (χ3n) is 2.97. The number of phenols is 1. The first-order valence-electron chi connectivity index (χ1n) is 5.54. The lowest BCUT2D eigenvalue weighted by molar-refractivity contribution is 0.0664. The van der Waals surface area contributed by atoms with E-state index in [0.717, 1.165) is 13.1 Å². The molecule has 0 radical (unpaired) electrons. The van der Waals surface area contributed by atoms with Crippen LogP contribution < -0.4 is 0 Å². The molecule has 1 aromatic carbocycles. The van der Waals surface area contributed by atoms with Gasteiger partial charge in [0.05, 0.1) is 10.6 Å². The number of halogens is 1. The lowest BCUT2D eigenvalue weighted by atomic mass is 10.1. The van der Waals surface area contributed by atoms with Gasteiger partial charge in [-0.2, -0.15) is 0 Å². The number of likely N-dealkylation sites (N-methyl/N-ethyl adjacent to an activating group) is 1. The summed E-state index contributed by atoms with van der Waals surface area (Å²) < 4.78 is 0. The van der Waals surface area contributed by atoms with Crippen LogP contribution in [-0.2, 0) is 0 Å². The number of carbonyl (C=O) groups excluding carboxylic acids is 1. The molecule has 5 heteroatoms. The molecule has 1 fully saturated rings. The summed E-state index contributed by atoms with van der Waals surface area (Å²) >= 11 is 5.97. The summed E-state index contributed by atoms with van der Waals surface area (Å²) in [6.07, 6.45) is 0. The Morgan fingerprint density at radius 1 is 1.29 bits per heavy atom. The number of amides is 1. The number of rotatable bonds is 1. The SMILES string of the molecule is CN1CCN(C(=O)c2cc(O)ccc2Cl)CC1. The van der Waals surface area contributed by atoms with Gasteiger partial charge in [0.1, 0.15) is 5.75 Å². The van der Waals surface area contributed by atoms with Crippen LogP contribution in [0.5, 0.6) is 5.75 Å². The van der Waals surface area contributed by atoms with Crippen LogP contribution in [0.1, 0.15) is 10.4 Å². The number of benzene rings is 1. The molecule has 17 heavy (non-hydrogen) atoms. The highest BCUT2D eigenvalue weighted by atomic mass is 35.5. The van der Waals surface area contributed by atoms with E-state index < -0.39 is 0 Å². The summed E-state index contributed by atoms with van der Waals surface area (Å²) in [5.41, 5.74) is 0.371. The van der Waals surface area contributed by atoms with Crippen LogP contribution in [0.4, 0.5) is 0 Å². The molecule has 0 spiro atoms. The van der Waals surface area contributed by atoms with Crippen LogP contribution in [0.25, 0.3) is 0 Å². The molecular weight excluding hydrogens is 240 g/mol. The van der Waals surface area contributed by atoms with Crippen LogP contribution in [0, 0.1) is 0 Å². The van der Waals surface area contributed by atoms with Crippen molar-refractivity contribution in [1.29, 1.82) is 0 Å². The number of hydrogen-bond donors (Lipinski definition) is 1. The minimum Gasteiger partial charge on any atom is -0.508 e. The molecule has 0 bridgehead atoms. The molecule has 92 valence electrons. The van der Waals surface area contributed by atoms with Crippen LogP contribution >= 0.6 is 11.6 Å². The molecule has 1 aromatic rings. The van der Waals surface area contributed by atoms with E-state index in [1.165, 1.54) is 12.1 Å². The number of nitrogens with zero attached hydrogens (tertiary/aromatic N) is 2. The Hall–Kier alpha value is -1.26. The second-order valence-corrected chi connectivity index (χ2v) is 4.67. The van der Waals surface area contributed by atoms with Gasteiger partial charge in [-0.15, -0.1) is 0 Å². The van der Waals surface area contributed by atoms with Gasteiger partial charge in [0.15, 0.2) is 0 Å². The molecule has 1 saturated heterocycles. The molecule has 1 aliphatic rings. The van der Waals surface area contributed by atoms with E-state index in [9.17, 15) is 9.90 Å². The van der Waals surface area contributed by atoms with Gasteiger partial charge in [0.2, 0.25) is 0 Å². The number of aromatic hydroxyl groups is 1. The predicted octanol–water partition coefficient (Wildman–Crippen LogP) is 1.43. The summed E-state index contributed by atoms with van der Waals surface area (Å²) in [5.74, 6) is -0.0501. The summed E-state index contributed by atoms with van der Waals surface area (Å²) in [4.78, 5) is 16.1. The maximum absolute atomic E-state index is 12.2. The second kappa shape index (κ2) is 4.94. The Kier molecular flexibility index (Phi) is 3.54. The predicted molar refractivity (Wildman–Crippen MR) is 66.5 cm³/mol. The fraction of sp³-hybridized carbons (Fsp3) is 0.417. The average Bonchev–Trinajstić information content (AvgIpc) is 2.32. The second-order valence-electron chi connectivity index (χ2n) is 4.26. The van der Waals surface area contributed by atoms with Gasteiger partial charge in [0, 0.05) is 26.2 Å². The molecule has 1 amide bonds. The Bertz CT molecular complexity index is 429. The van der Waals surface area contributed by atoms with Crippen molar-refractivity contribution in [2.24, 2.45) is 0 Å². The highest BCUT2D eigenvalue weighted by molar-refractivity contribution is 6.33. The maximum Gasteiger partial charge on any atom is 0.255 e. The largest absolute Gasteiger partial charge is 0.508 e. The number of phenolic OH excluding ortho intramolecular Hbond substituents is 1. The van der Waals surface area contributed by atoms with Crippen molar-refractivity contribution in [1.82, 2.24) is 9.80 Å². The van der Waals surface area contributed by atoms with Crippen molar-refractivity contribution in [3.63, 3.8) is 0 Å². The van der Waals surface area contributed by atoms with E-state index in [-0.39, 0.29) is 11.7 Å². The molecule has 0 unspecified atom stereocenters. The zero-order chi connectivity index (χ0) is 12.4. The third-order valence-corrected chi connectivity index (χ3v) is 3.30. The third kappa shape index (κ3) is 2.70. The lowest BCUT2D eigenvalue weighted by Crippen LogP contribution is -2.47. The average molecular weight is 255 g/mol. The van der Waals surface area contributed by atoms with Gasteiger partial charge >= 0.3 is 0 Å². The minimum absolute atomic E-state index is 0.0619. The normalized spacial score (nSPS) is 17.2. The Balaban J connectivity index is 2.16. The molecule has 2 rings (SSSR count). The van der Waals surface area contributed by atoms with Crippen molar-refractivity contribution in [3.8, 4) is 5.75 Å². The Morgan fingerprint density at radius 3 is 2.59 bits per heavy atom. The minimum atomic E-state index is -0.112. The molecule has 1 heterocycles. The zero-order valence-electron chi connectivity index (χ0n) is 9.69. The standard InChI is InChI=1S/C12H15ClN2O2/c1-14-4-6-15(7-5-14)12(17)10-8-9(16)2-3-11(10)13/h2-3,8,16H,4-7H2,1H3. The number of hydrogen-bond acceptors (Lipinski definition) is 3. The van der Waals surface area contributed by atoms with Gasteiger partial charge in [-0.3, -0.25) is 4.79 Å². The molecular formula is C12H15ClN2O2. The van der Waals surface area contributed by atoms with Gasteiger partial charge in [-0.25, -0.2) is 0 Å².